The van der Waals surface area contributed by atoms with Crippen LogP contribution >= 0.6 is 0 Å². The van der Waals surface area contributed by atoms with E-state index in [0.717, 1.165) is 0 Å². The van der Waals surface area contributed by atoms with Crippen LogP contribution in [0.15, 0.2) is 73.4 Å². The molecule has 0 heterocycles. The predicted molar refractivity (Wildman–Crippen MR) is 81.6 cm³/mol. The quantitative estimate of drug-likeness (QED) is 0.459. The molecular formula is C17H20O2. The van der Waals surface area contributed by atoms with E-state index in [1.807, 2.05) is 36.4 Å². The van der Waals surface area contributed by atoms with E-state index in [2.05, 4.69) is 17.9 Å². The van der Waals surface area contributed by atoms with Crippen LogP contribution in [0.2, 0.25) is 0 Å². The number of benzene rings is 1. The highest BCUT2D eigenvalue weighted by atomic mass is 16.5. The maximum atomic E-state index is 10.8. The maximum Gasteiger partial charge on any atom is 0.333 e. The maximum absolute atomic E-state index is 10.8. The van der Waals surface area contributed by atoms with E-state index >= 15 is 0 Å². The number of allylic oxidation sites excluding steroid dienone is 4. The van der Waals surface area contributed by atoms with Gasteiger partial charge in [0.05, 0.1) is 7.11 Å². The summed E-state index contributed by atoms with van der Waals surface area (Å²) in [6.07, 6.45) is 8.63. The van der Waals surface area contributed by atoms with Gasteiger partial charge in [-0.25, -0.2) is 4.79 Å². The van der Waals surface area contributed by atoms with E-state index in [1.165, 1.54) is 12.7 Å². The third-order valence-electron chi connectivity index (χ3n) is 2.14. The molecule has 0 amide bonds. The van der Waals surface area contributed by atoms with Gasteiger partial charge in [-0.05, 0) is 12.5 Å². The zero-order chi connectivity index (χ0) is 14.5. The minimum atomic E-state index is -0.307. The first kappa shape index (κ1) is 16.7. The summed E-state index contributed by atoms with van der Waals surface area (Å²) in [4.78, 5) is 10.8. The fourth-order valence-electron chi connectivity index (χ4n) is 1.10. The fraction of sp³-hybridized carbons (Fsp3) is 0.118. The average Bonchev–Trinajstić information content (AvgIpc) is 2.48. The van der Waals surface area contributed by atoms with E-state index in [0.29, 0.717) is 5.57 Å². The van der Waals surface area contributed by atoms with E-state index in [9.17, 15) is 4.79 Å². The predicted octanol–water partition coefficient (Wildman–Crippen LogP) is 4.18. The van der Waals surface area contributed by atoms with E-state index in [1.54, 1.807) is 31.2 Å². The number of methoxy groups -OCH3 is 1. The van der Waals surface area contributed by atoms with Crippen LogP contribution in [0.25, 0.3) is 6.08 Å². The molecule has 1 aromatic carbocycles. The Kier molecular flexibility index (Phi) is 9.45. The van der Waals surface area contributed by atoms with Crippen molar-refractivity contribution in [3.8, 4) is 0 Å². The zero-order valence-electron chi connectivity index (χ0n) is 11.5. The molecule has 0 aromatic heterocycles. The largest absolute Gasteiger partial charge is 0.466 e. The Morgan fingerprint density at radius 1 is 1.16 bits per heavy atom. The van der Waals surface area contributed by atoms with Gasteiger partial charge in [-0.1, -0.05) is 73.9 Å². The summed E-state index contributed by atoms with van der Waals surface area (Å²) < 4.78 is 4.48. The van der Waals surface area contributed by atoms with Gasteiger partial charge in [0.2, 0.25) is 0 Å². The van der Waals surface area contributed by atoms with Crippen molar-refractivity contribution in [2.24, 2.45) is 0 Å². The third kappa shape index (κ3) is 8.38. The first-order chi connectivity index (χ1) is 9.15. The first-order valence-electron chi connectivity index (χ1n) is 5.87. The lowest BCUT2D eigenvalue weighted by Crippen LogP contribution is -2.00. The molecule has 100 valence electrons. The lowest BCUT2D eigenvalue weighted by atomic mass is 10.2. The molecule has 1 aromatic rings. The highest BCUT2D eigenvalue weighted by Gasteiger charge is 1.99. The summed E-state index contributed by atoms with van der Waals surface area (Å²) in [7, 11) is 1.36. The van der Waals surface area contributed by atoms with Gasteiger partial charge >= 0.3 is 5.97 Å². The molecule has 0 spiro atoms. The molecule has 0 saturated carbocycles. The van der Waals surface area contributed by atoms with Crippen LogP contribution in [-0.2, 0) is 9.53 Å². The number of hydrogen-bond acceptors (Lipinski definition) is 2. The first-order valence-corrected chi connectivity index (χ1v) is 5.87. The monoisotopic (exact) mass is 256 g/mol. The van der Waals surface area contributed by atoms with Crippen molar-refractivity contribution in [3.05, 3.63) is 78.9 Å². The Labute approximate surface area is 115 Å². The number of esters is 1. The van der Waals surface area contributed by atoms with Crippen molar-refractivity contribution >= 4 is 12.0 Å². The number of rotatable bonds is 4. The average molecular weight is 256 g/mol. The van der Waals surface area contributed by atoms with Crippen LogP contribution in [0.1, 0.15) is 12.5 Å². The molecule has 2 heteroatoms. The summed E-state index contributed by atoms with van der Waals surface area (Å²) in [5.74, 6) is -0.307. The highest BCUT2D eigenvalue weighted by molar-refractivity contribution is 5.87. The molecule has 0 aliphatic heterocycles. The van der Waals surface area contributed by atoms with Crippen molar-refractivity contribution in [1.29, 1.82) is 0 Å². The van der Waals surface area contributed by atoms with Gasteiger partial charge in [-0.15, -0.1) is 0 Å². The van der Waals surface area contributed by atoms with Gasteiger partial charge in [-0.3, -0.25) is 0 Å². The van der Waals surface area contributed by atoms with Gasteiger partial charge in [-0.2, -0.15) is 0 Å². The molecule has 0 bridgehead atoms. The molecule has 0 fully saturated rings. The Hall–Kier alpha value is -2.35. The number of carbonyl (C=O) groups excluding carboxylic acids is 1. The van der Waals surface area contributed by atoms with Crippen molar-refractivity contribution in [2.75, 3.05) is 7.11 Å². The van der Waals surface area contributed by atoms with Crippen molar-refractivity contribution < 1.29 is 9.53 Å². The van der Waals surface area contributed by atoms with Crippen LogP contribution in [0.4, 0.5) is 0 Å². The Morgan fingerprint density at radius 3 is 2.21 bits per heavy atom. The van der Waals surface area contributed by atoms with Crippen LogP contribution in [0.5, 0.6) is 0 Å². The van der Waals surface area contributed by atoms with Gasteiger partial charge in [0.15, 0.2) is 0 Å². The van der Waals surface area contributed by atoms with Crippen molar-refractivity contribution in [2.45, 2.75) is 6.92 Å². The minimum absolute atomic E-state index is 0.307. The number of hydrogen-bond donors (Lipinski definition) is 0. The van der Waals surface area contributed by atoms with Crippen LogP contribution in [0.3, 0.4) is 0 Å². The Bertz CT molecular complexity index is 453. The topological polar surface area (TPSA) is 26.3 Å². The molecule has 1 rings (SSSR count). The molecule has 0 radical (unpaired) electrons. The normalized spacial score (nSPS) is 10.3. The Morgan fingerprint density at radius 2 is 1.79 bits per heavy atom. The molecule has 0 atom stereocenters. The van der Waals surface area contributed by atoms with Crippen LogP contribution in [-0.4, -0.2) is 13.1 Å². The van der Waals surface area contributed by atoms with E-state index in [4.69, 9.17) is 0 Å². The standard InChI is InChI=1S/C9H12O2.C8H8/c1-4-5-6-7-8(2)9(10)11-3;1-2-8-6-4-3-5-7-8/h4-7H,1H2,2-3H3;2-7H,1H2/b6-5+,8-7+;. The minimum Gasteiger partial charge on any atom is -0.466 e. The molecule has 0 saturated heterocycles. The summed E-state index contributed by atoms with van der Waals surface area (Å²) in [6, 6.07) is 10.0. The summed E-state index contributed by atoms with van der Waals surface area (Å²) in [5, 5.41) is 0. The van der Waals surface area contributed by atoms with Crippen LogP contribution < -0.4 is 0 Å². The molecule has 0 aliphatic carbocycles. The van der Waals surface area contributed by atoms with Crippen LogP contribution in [0, 0.1) is 0 Å². The SMILES string of the molecule is C=C/C=C/C=C(\C)C(=O)OC.C=Cc1ccccc1. The smallest absolute Gasteiger partial charge is 0.333 e. The second-order valence-corrected chi connectivity index (χ2v) is 3.58. The van der Waals surface area contributed by atoms with Gasteiger partial charge in [0.25, 0.3) is 0 Å². The second-order valence-electron chi connectivity index (χ2n) is 3.58. The third-order valence-corrected chi connectivity index (χ3v) is 2.14. The number of ether oxygens (including phenoxy) is 1. The molecule has 0 N–H and O–H groups in total. The van der Waals surface area contributed by atoms with Gasteiger partial charge in [0, 0.05) is 5.57 Å². The molecule has 0 aliphatic rings. The Balaban J connectivity index is 0.000000356. The fourth-order valence-corrected chi connectivity index (χ4v) is 1.10. The molecule has 19 heavy (non-hydrogen) atoms. The van der Waals surface area contributed by atoms with Gasteiger partial charge < -0.3 is 4.74 Å². The summed E-state index contributed by atoms with van der Waals surface area (Å²) in [6.45, 7) is 8.81. The lowest BCUT2D eigenvalue weighted by molar-refractivity contribution is -0.136. The van der Waals surface area contributed by atoms with Crippen molar-refractivity contribution in [1.82, 2.24) is 0 Å². The lowest BCUT2D eigenvalue weighted by Gasteiger charge is -1.94. The summed E-state index contributed by atoms with van der Waals surface area (Å²) in [5.41, 5.74) is 1.75. The van der Waals surface area contributed by atoms with E-state index in [-0.39, 0.29) is 5.97 Å². The highest BCUT2D eigenvalue weighted by Crippen LogP contribution is 1.97. The summed E-state index contributed by atoms with van der Waals surface area (Å²) >= 11 is 0. The second kappa shape index (κ2) is 10.8. The molecular weight excluding hydrogens is 236 g/mol. The van der Waals surface area contributed by atoms with Crippen molar-refractivity contribution in [3.63, 3.8) is 0 Å². The molecule has 0 unspecified atom stereocenters. The molecule has 2 nitrogen and oxygen atoms in total. The van der Waals surface area contributed by atoms with E-state index < -0.39 is 0 Å². The zero-order valence-corrected chi connectivity index (χ0v) is 11.5. The number of carbonyl (C=O) groups is 1. The van der Waals surface area contributed by atoms with Gasteiger partial charge in [0.1, 0.15) is 0 Å².